The second kappa shape index (κ2) is 7.46. The van der Waals surface area contributed by atoms with E-state index >= 15 is 0 Å². The molecular weight excluding hydrogens is 226 g/mol. The number of nitrogens with two attached hydrogens (primary N) is 1. The molecule has 1 amide bonds. The maximum atomic E-state index is 12.2. The van der Waals surface area contributed by atoms with Crippen molar-refractivity contribution in [1.29, 1.82) is 5.26 Å². The fourth-order valence-electron chi connectivity index (χ4n) is 1.77. The average Bonchev–Trinajstić information content (AvgIpc) is 2.40. The summed E-state index contributed by atoms with van der Waals surface area (Å²) in [6.07, 6.45) is 1.84. The molecule has 4 nitrogen and oxygen atoms in total. The van der Waals surface area contributed by atoms with Crippen LogP contribution in [0.25, 0.3) is 0 Å². The minimum absolute atomic E-state index is 0.113. The van der Waals surface area contributed by atoms with Gasteiger partial charge in [0.25, 0.3) is 0 Å². The van der Waals surface area contributed by atoms with Crippen LogP contribution in [0.3, 0.4) is 0 Å². The molecule has 0 saturated carbocycles. The molecular formula is C14H19N3O. The van der Waals surface area contributed by atoms with Crippen LogP contribution in [-0.4, -0.2) is 18.5 Å². The molecule has 2 N–H and O–H groups in total. The lowest BCUT2D eigenvalue weighted by molar-refractivity contribution is -0.120. The Kier molecular flexibility index (Phi) is 5.89. The van der Waals surface area contributed by atoms with E-state index < -0.39 is 6.04 Å². The van der Waals surface area contributed by atoms with Gasteiger partial charge < -0.3 is 10.6 Å². The summed E-state index contributed by atoms with van der Waals surface area (Å²) >= 11 is 0. The summed E-state index contributed by atoms with van der Waals surface area (Å²) in [5.74, 6) is -0.113. The summed E-state index contributed by atoms with van der Waals surface area (Å²) in [5, 5.41) is 8.67. The molecule has 0 aliphatic rings. The first-order valence-electron chi connectivity index (χ1n) is 6.19. The molecule has 96 valence electrons. The summed E-state index contributed by atoms with van der Waals surface area (Å²) in [6.45, 7) is 2.38. The Morgan fingerprint density at radius 3 is 2.67 bits per heavy atom. The van der Waals surface area contributed by atoms with Gasteiger partial charge in [-0.3, -0.25) is 4.79 Å². The number of hydrogen-bond acceptors (Lipinski definition) is 3. The first-order chi connectivity index (χ1) is 8.70. The third kappa shape index (κ3) is 3.86. The van der Waals surface area contributed by atoms with E-state index in [0.717, 1.165) is 12.1 Å². The van der Waals surface area contributed by atoms with Crippen molar-refractivity contribution in [2.24, 2.45) is 5.73 Å². The maximum absolute atomic E-state index is 12.2. The van der Waals surface area contributed by atoms with E-state index in [0.29, 0.717) is 19.4 Å². The quantitative estimate of drug-likeness (QED) is 0.834. The molecule has 0 aromatic heterocycles. The number of amides is 1. The number of anilines is 1. The fraction of sp³-hybridized carbons (Fsp3) is 0.429. The summed E-state index contributed by atoms with van der Waals surface area (Å²) in [6, 6.07) is 10.9. The minimum atomic E-state index is -0.492. The Morgan fingerprint density at radius 2 is 2.11 bits per heavy atom. The lowest BCUT2D eigenvalue weighted by Crippen LogP contribution is -2.44. The van der Waals surface area contributed by atoms with Crippen LogP contribution in [0.2, 0.25) is 0 Å². The molecule has 1 atom stereocenters. The van der Waals surface area contributed by atoms with Crippen molar-refractivity contribution in [1.82, 2.24) is 0 Å². The van der Waals surface area contributed by atoms with Crippen LogP contribution in [0.4, 0.5) is 5.69 Å². The summed E-state index contributed by atoms with van der Waals surface area (Å²) in [7, 11) is 0. The Labute approximate surface area is 108 Å². The zero-order valence-electron chi connectivity index (χ0n) is 10.7. The van der Waals surface area contributed by atoms with Gasteiger partial charge in [-0.1, -0.05) is 31.5 Å². The monoisotopic (exact) mass is 245 g/mol. The summed E-state index contributed by atoms with van der Waals surface area (Å²) in [5.41, 5.74) is 6.66. The van der Waals surface area contributed by atoms with Crippen molar-refractivity contribution in [3.8, 4) is 6.07 Å². The SMILES string of the molecule is CCCC(N)C(=O)N(CCC#N)c1ccccc1. The molecule has 0 aliphatic heterocycles. The van der Waals surface area contributed by atoms with E-state index in [1.54, 1.807) is 4.90 Å². The van der Waals surface area contributed by atoms with Crippen molar-refractivity contribution in [2.75, 3.05) is 11.4 Å². The van der Waals surface area contributed by atoms with E-state index in [2.05, 4.69) is 6.07 Å². The topological polar surface area (TPSA) is 70.1 Å². The first-order valence-corrected chi connectivity index (χ1v) is 6.19. The van der Waals surface area contributed by atoms with Gasteiger partial charge in [0, 0.05) is 12.2 Å². The highest BCUT2D eigenvalue weighted by Gasteiger charge is 2.21. The van der Waals surface area contributed by atoms with Gasteiger partial charge in [0.2, 0.25) is 5.91 Å². The largest absolute Gasteiger partial charge is 0.320 e. The zero-order chi connectivity index (χ0) is 13.4. The number of benzene rings is 1. The van der Waals surface area contributed by atoms with Gasteiger partial charge in [0.05, 0.1) is 18.5 Å². The van der Waals surface area contributed by atoms with Gasteiger partial charge >= 0.3 is 0 Å². The van der Waals surface area contributed by atoms with E-state index in [1.807, 2.05) is 37.3 Å². The predicted molar refractivity (Wildman–Crippen MR) is 71.9 cm³/mol. The maximum Gasteiger partial charge on any atom is 0.243 e. The number of para-hydroxylation sites is 1. The van der Waals surface area contributed by atoms with Gasteiger partial charge in [-0.05, 0) is 18.6 Å². The zero-order valence-corrected chi connectivity index (χ0v) is 10.7. The molecule has 0 aliphatic carbocycles. The van der Waals surface area contributed by atoms with Crippen LogP contribution in [0.1, 0.15) is 26.2 Å². The van der Waals surface area contributed by atoms with Crippen LogP contribution in [0.5, 0.6) is 0 Å². The van der Waals surface area contributed by atoms with Crippen molar-refractivity contribution in [3.63, 3.8) is 0 Å². The molecule has 0 radical (unpaired) electrons. The Balaban J connectivity index is 2.85. The Morgan fingerprint density at radius 1 is 1.44 bits per heavy atom. The Hall–Kier alpha value is -1.86. The van der Waals surface area contributed by atoms with Crippen LogP contribution >= 0.6 is 0 Å². The molecule has 18 heavy (non-hydrogen) atoms. The van der Waals surface area contributed by atoms with Crippen molar-refractivity contribution < 1.29 is 4.79 Å². The smallest absolute Gasteiger partial charge is 0.243 e. The molecule has 0 bridgehead atoms. The van der Waals surface area contributed by atoms with Crippen LogP contribution in [0.15, 0.2) is 30.3 Å². The standard InChI is InChI=1S/C14H19N3O/c1-2-7-13(16)14(18)17(11-6-10-15)12-8-4-3-5-9-12/h3-5,8-9,13H,2,6-7,11,16H2,1H3. The average molecular weight is 245 g/mol. The molecule has 1 aromatic carbocycles. The van der Waals surface area contributed by atoms with Crippen LogP contribution in [0, 0.1) is 11.3 Å². The second-order valence-electron chi connectivity index (χ2n) is 4.13. The molecule has 4 heteroatoms. The number of hydrogen-bond donors (Lipinski definition) is 1. The molecule has 1 rings (SSSR count). The molecule has 0 saturated heterocycles. The summed E-state index contributed by atoms with van der Waals surface area (Å²) < 4.78 is 0. The third-order valence-electron chi connectivity index (χ3n) is 2.70. The van der Waals surface area contributed by atoms with E-state index in [1.165, 1.54) is 0 Å². The highest BCUT2D eigenvalue weighted by Crippen LogP contribution is 2.15. The van der Waals surface area contributed by atoms with Gasteiger partial charge in [-0.2, -0.15) is 5.26 Å². The number of carbonyl (C=O) groups is 1. The van der Waals surface area contributed by atoms with Gasteiger partial charge in [0.15, 0.2) is 0 Å². The normalized spacial score (nSPS) is 11.6. The van der Waals surface area contributed by atoms with E-state index in [-0.39, 0.29) is 5.91 Å². The van der Waals surface area contributed by atoms with Crippen molar-refractivity contribution >= 4 is 11.6 Å². The molecule has 0 fully saturated rings. The predicted octanol–water partition coefficient (Wildman–Crippen LogP) is 2.06. The molecule has 0 spiro atoms. The molecule has 1 aromatic rings. The van der Waals surface area contributed by atoms with E-state index in [4.69, 9.17) is 11.0 Å². The molecule has 0 heterocycles. The number of nitriles is 1. The third-order valence-corrected chi connectivity index (χ3v) is 2.70. The minimum Gasteiger partial charge on any atom is -0.320 e. The fourth-order valence-corrected chi connectivity index (χ4v) is 1.77. The van der Waals surface area contributed by atoms with Crippen LogP contribution in [-0.2, 0) is 4.79 Å². The van der Waals surface area contributed by atoms with Crippen LogP contribution < -0.4 is 10.6 Å². The lowest BCUT2D eigenvalue weighted by atomic mass is 10.1. The van der Waals surface area contributed by atoms with Gasteiger partial charge in [-0.15, -0.1) is 0 Å². The van der Waals surface area contributed by atoms with Gasteiger partial charge in [-0.25, -0.2) is 0 Å². The highest BCUT2D eigenvalue weighted by atomic mass is 16.2. The number of nitrogens with zero attached hydrogens (tertiary/aromatic N) is 2. The molecule has 1 unspecified atom stereocenters. The van der Waals surface area contributed by atoms with E-state index in [9.17, 15) is 4.79 Å². The number of rotatable bonds is 6. The van der Waals surface area contributed by atoms with Crippen molar-refractivity contribution in [2.45, 2.75) is 32.2 Å². The highest BCUT2D eigenvalue weighted by molar-refractivity contribution is 5.97. The number of carbonyl (C=O) groups excluding carboxylic acids is 1. The first kappa shape index (κ1) is 14.2. The second-order valence-corrected chi connectivity index (χ2v) is 4.13. The van der Waals surface area contributed by atoms with Crippen molar-refractivity contribution in [3.05, 3.63) is 30.3 Å². The Bertz CT molecular complexity index is 411. The summed E-state index contributed by atoms with van der Waals surface area (Å²) in [4.78, 5) is 13.8. The lowest BCUT2D eigenvalue weighted by Gasteiger charge is -2.24. The van der Waals surface area contributed by atoms with Gasteiger partial charge in [0.1, 0.15) is 0 Å².